The molecule has 0 aliphatic carbocycles. The van der Waals surface area contributed by atoms with Crippen LogP contribution in [0.1, 0.15) is 17.4 Å². The van der Waals surface area contributed by atoms with Gasteiger partial charge in [0.15, 0.2) is 0 Å². The van der Waals surface area contributed by atoms with Crippen LogP contribution in [0.2, 0.25) is 0 Å². The predicted molar refractivity (Wildman–Crippen MR) is 103 cm³/mol. The van der Waals surface area contributed by atoms with Gasteiger partial charge in [-0.05, 0) is 48.6 Å². The Kier molecular flexibility index (Phi) is 6.04. The van der Waals surface area contributed by atoms with Crippen LogP contribution < -0.4 is 5.32 Å². The summed E-state index contributed by atoms with van der Waals surface area (Å²) in [5, 5.41) is 5.36. The number of thiophene rings is 1. The summed E-state index contributed by atoms with van der Waals surface area (Å²) in [7, 11) is 0. The molecule has 1 aromatic carbocycles. The number of halogens is 1. The van der Waals surface area contributed by atoms with Gasteiger partial charge in [-0.1, -0.05) is 12.1 Å². The normalized spacial score (nSPS) is 12.2. The second kappa shape index (κ2) is 8.45. The van der Waals surface area contributed by atoms with Crippen molar-refractivity contribution in [3.8, 4) is 0 Å². The smallest absolute Gasteiger partial charge is 0.232 e. The lowest BCUT2D eigenvalue weighted by Gasteiger charge is -2.13. The van der Waals surface area contributed by atoms with Crippen molar-refractivity contribution in [2.45, 2.75) is 24.3 Å². The molecule has 1 atom stereocenters. The zero-order chi connectivity index (χ0) is 17.6. The maximum atomic E-state index is 13.8. The van der Waals surface area contributed by atoms with Crippen LogP contribution in [0.25, 0.3) is 10.9 Å². The van der Waals surface area contributed by atoms with Crippen LogP contribution in [0.3, 0.4) is 0 Å². The molecule has 2 heterocycles. The minimum atomic E-state index is -0.267. The first-order valence-corrected chi connectivity index (χ1v) is 10.0. The molecule has 1 N–H and O–H groups in total. The number of benzene rings is 1. The summed E-state index contributed by atoms with van der Waals surface area (Å²) in [5.41, 5.74) is 1.61. The van der Waals surface area contributed by atoms with Crippen LogP contribution >= 0.6 is 23.1 Å². The lowest BCUT2D eigenvalue weighted by molar-refractivity contribution is -0.120. The third-order valence-corrected chi connectivity index (χ3v) is 6.04. The highest BCUT2D eigenvalue weighted by molar-refractivity contribution is 7.99. The van der Waals surface area contributed by atoms with Crippen LogP contribution in [0.5, 0.6) is 0 Å². The third-order valence-electron chi connectivity index (χ3n) is 3.91. The number of pyridine rings is 1. The highest BCUT2D eigenvalue weighted by Gasteiger charge is 2.14. The van der Waals surface area contributed by atoms with Gasteiger partial charge in [-0.25, -0.2) is 4.39 Å². The van der Waals surface area contributed by atoms with Crippen molar-refractivity contribution >= 4 is 39.9 Å². The molecule has 3 aromatic rings. The number of aromatic nitrogens is 1. The number of rotatable bonds is 7. The van der Waals surface area contributed by atoms with Gasteiger partial charge in [0.1, 0.15) is 5.82 Å². The van der Waals surface area contributed by atoms with Gasteiger partial charge in [0.05, 0.1) is 10.8 Å². The maximum Gasteiger partial charge on any atom is 0.232 e. The topological polar surface area (TPSA) is 42.0 Å². The number of fused-ring (bicyclic) bond motifs is 1. The summed E-state index contributed by atoms with van der Waals surface area (Å²) >= 11 is 3.23. The number of nitrogens with one attached hydrogen (secondary N) is 1. The predicted octanol–water partition coefficient (Wildman–Crippen LogP) is 4.42. The Morgan fingerprint density at radius 3 is 3.00 bits per heavy atom. The van der Waals surface area contributed by atoms with E-state index in [0.717, 1.165) is 12.0 Å². The maximum absolute atomic E-state index is 13.8. The molecule has 1 amide bonds. The average Bonchev–Trinajstić information content (AvgIpc) is 3.14. The van der Waals surface area contributed by atoms with Crippen LogP contribution in [-0.2, 0) is 17.0 Å². The molecule has 0 fully saturated rings. The van der Waals surface area contributed by atoms with E-state index in [1.807, 2.05) is 18.4 Å². The fraction of sp³-hybridized carbons (Fsp3) is 0.263. The fourth-order valence-corrected chi connectivity index (χ4v) is 4.12. The number of amides is 1. The Labute approximate surface area is 154 Å². The minimum absolute atomic E-state index is 0.0286. The monoisotopic (exact) mass is 374 g/mol. The van der Waals surface area contributed by atoms with Gasteiger partial charge in [-0.15, -0.1) is 23.1 Å². The second-order valence-electron chi connectivity index (χ2n) is 5.68. The van der Waals surface area contributed by atoms with Crippen molar-refractivity contribution in [3.63, 3.8) is 0 Å². The lowest BCUT2D eigenvalue weighted by atomic mass is 10.1. The van der Waals surface area contributed by atoms with E-state index in [4.69, 9.17) is 0 Å². The molecule has 0 spiro atoms. The zero-order valence-corrected chi connectivity index (χ0v) is 15.5. The van der Waals surface area contributed by atoms with Gasteiger partial charge in [0, 0.05) is 28.8 Å². The summed E-state index contributed by atoms with van der Waals surface area (Å²) in [6, 6.07) is 10.8. The van der Waals surface area contributed by atoms with Crippen LogP contribution in [0.4, 0.5) is 4.39 Å². The number of carbonyl (C=O) groups excluding carboxylic acids is 1. The van der Waals surface area contributed by atoms with Gasteiger partial charge in [0.25, 0.3) is 0 Å². The van der Waals surface area contributed by atoms with E-state index in [1.54, 1.807) is 35.7 Å². The van der Waals surface area contributed by atoms with E-state index < -0.39 is 0 Å². The number of nitrogens with zero attached hydrogens (tertiary/aromatic N) is 1. The molecule has 0 aliphatic heterocycles. The van der Waals surface area contributed by atoms with Crippen LogP contribution in [-0.4, -0.2) is 22.7 Å². The molecule has 1 unspecified atom stereocenters. The molecule has 25 heavy (non-hydrogen) atoms. The van der Waals surface area contributed by atoms with E-state index in [0.29, 0.717) is 23.2 Å². The van der Waals surface area contributed by atoms with Crippen molar-refractivity contribution in [3.05, 3.63) is 64.2 Å². The van der Waals surface area contributed by atoms with Gasteiger partial charge in [-0.2, -0.15) is 0 Å². The van der Waals surface area contributed by atoms with Gasteiger partial charge >= 0.3 is 0 Å². The number of carbonyl (C=O) groups is 1. The Bertz CT molecular complexity index is 852. The summed E-state index contributed by atoms with van der Waals surface area (Å²) in [6.07, 6.45) is 2.52. The minimum Gasteiger partial charge on any atom is -0.355 e. The molecule has 0 aliphatic rings. The Hall–Kier alpha value is -1.92. The molecule has 0 radical (unpaired) electrons. The van der Waals surface area contributed by atoms with Crippen LogP contribution in [0, 0.1) is 5.82 Å². The van der Waals surface area contributed by atoms with Crippen molar-refractivity contribution < 1.29 is 9.18 Å². The van der Waals surface area contributed by atoms with E-state index in [-0.39, 0.29) is 17.0 Å². The highest BCUT2D eigenvalue weighted by Crippen LogP contribution is 2.25. The van der Waals surface area contributed by atoms with E-state index in [9.17, 15) is 9.18 Å². The standard InChI is InChI=1S/C19H19FN2OS2/c1-13(19(23)22-10-8-15-4-3-11-24-15)25-12-14-6-7-17(20)16-5-2-9-21-18(14)16/h2-7,9,11,13H,8,10,12H2,1H3,(H,22,23). The third kappa shape index (κ3) is 4.58. The van der Waals surface area contributed by atoms with Crippen molar-refractivity contribution in [1.29, 1.82) is 0 Å². The summed E-state index contributed by atoms with van der Waals surface area (Å²) in [4.78, 5) is 17.8. The molecule has 0 bridgehead atoms. The fourth-order valence-electron chi connectivity index (χ4n) is 2.51. The molecule has 130 valence electrons. The number of hydrogen-bond donors (Lipinski definition) is 1. The number of hydrogen-bond acceptors (Lipinski definition) is 4. The Morgan fingerprint density at radius 1 is 1.32 bits per heavy atom. The molecule has 0 saturated heterocycles. The molecular weight excluding hydrogens is 355 g/mol. The summed E-state index contributed by atoms with van der Waals surface area (Å²) in [6.45, 7) is 2.54. The Morgan fingerprint density at radius 2 is 2.20 bits per heavy atom. The molecular formula is C19H19FN2OS2. The van der Waals surface area contributed by atoms with Crippen molar-refractivity contribution in [2.75, 3.05) is 6.54 Å². The second-order valence-corrected chi connectivity index (χ2v) is 8.04. The average molecular weight is 375 g/mol. The first-order valence-electron chi connectivity index (χ1n) is 8.09. The van der Waals surface area contributed by atoms with Gasteiger partial charge in [0.2, 0.25) is 5.91 Å². The lowest BCUT2D eigenvalue weighted by Crippen LogP contribution is -2.32. The number of thioether (sulfide) groups is 1. The highest BCUT2D eigenvalue weighted by atomic mass is 32.2. The van der Waals surface area contributed by atoms with E-state index >= 15 is 0 Å². The van der Waals surface area contributed by atoms with Crippen LogP contribution in [0.15, 0.2) is 48.0 Å². The molecule has 3 rings (SSSR count). The molecule has 0 saturated carbocycles. The SMILES string of the molecule is CC(SCc1ccc(F)c2cccnc12)C(=O)NCCc1cccs1. The molecule has 2 aromatic heterocycles. The first kappa shape index (κ1) is 17.9. The Balaban J connectivity index is 1.54. The van der Waals surface area contributed by atoms with Crippen molar-refractivity contribution in [1.82, 2.24) is 10.3 Å². The molecule has 6 heteroatoms. The zero-order valence-electron chi connectivity index (χ0n) is 13.9. The largest absolute Gasteiger partial charge is 0.355 e. The van der Waals surface area contributed by atoms with Gasteiger partial charge in [-0.3, -0.25) is 9.78 Å². The van der Waals surface area contributed by atoms with Gasteiger partial charge < -0.3 is 5.32 Å². The first-order chi connectivity index (χ1) is 12.1. The summed E-state index contributed by atoms with van der Waals surface area (Å²) < 4.78 is 13.8. The van der Waals surface area contributed by atoms with E-state index in [2.05, 4.69) is 16.4 Å². The van der Waals surface area contributed by atoms with Crippen molar-refractivity contribution in [2.24, 2.45) is 0 Å². The summed E-state index contributed by atoms with van der Waals surface area (Å²) in [5.74, 6) is 0.380. The molecule has 3 nitrogen and oxygen atoms in total. The quantitative estimate of drug-likeness (QED) is 0.666. The van der Waals surface area contributed by atoms with E-state index in [1.165, 1.54) is 22.7 Å².